The maximum atomic E-state index is 15.3. The molecule has 0 saturated carbocycles. The fraction of sp³-hybridized carbons (Fsp3) is 0.312. The molecule has 0 radical (unpaired) electrons. The van der Waals surface area contributed by atoms with Gasteiger partial charge in [0.2, 0.25) is 11.8 Å². The van der Waals surface area contributed by atoms with Gasteiger partial charge in [-0.3, -0.25) is 29.4 Å². The summed E-state index contributed by atoms with van der Waals surface area (Å²) < 4.78 is 15.3. The van der Waals surface area contributed by atoms with E-state index in [2.05, 4.69) is 34.5 Å². The molecule has 6 rings (SSSR count). The van der Waals surface area contributed by atoms with Crippen molar-refractivity contribution in [3.05, 3.63) is 106 Å². The molecule has 1 N–H and O–H groups in total. The smallest absolute Gasteiger partial charge is 0.258 e. The van der Waals surface area contributed by atoms with Crippen LogP contribution < -0.4 is 5.32 Å². The van der Waals surface area contributed by atoms with Crippen LogP contribution in [0.5, 0.6) is 0 Å². The first-order valence-corrected chi connectivity index (χ1v) is 13.9. The first-order valence-electron chi connectivity index (χ1n) is 13.9. The number of fused-ring (bicyclic) bond motifs is 1. The van der Waals surface area contributed by atoms with Crippen LogP contribution in [-0.4, -0.2) is 70.0 Å². The van der Waals surface area contributed by atoms with E-state index in [4.69, 9.17) is 0 Å². The molecule has 210 valence electrons. The van der Waals surface area contributed by atoms with Gasteiger partial charge in [0.1, 0.15) is 11.9 Å². The first kappa shape index (κ1) is 26.8. The number of carbonyl (C=O) groups excluding carboxylic acids is 4. The van der Waals surface area contributed by atoms with Gasteiger partial charge in [0, 0.05) is 44.2 Å². The summed E-state index contributed by atoms with van der Waals surface area (Å²) in [6.45, 7) is 3.75. The normalized spacial score (nSPS) is 21.3. The fourth-order valence-corrected chi connectivity index (χ4v) is 6.35. The minimum absolute atomic E-state index is 0.0116. The highest BCUT2D eigenvalue weighted by atomic mass is 19.1. The quantitative estimate of drug-likeness (QED) is 0.488. The number of piperidine rings is 1. The second-order valence-electron chi connectivity index (χ2n) is 11.0. The van der Waals surface area contributed by atoms with E-state index in [-0.39, 0.29) is 54.4 Å². The molecule has 0 aromatic heterocycles. The predicted octanol–water partition coefficient (Wildman–Crippen LogP) is 3.52. The van der Waals surface area contributed by atoms with E-state index in [0.29, 0.717) is 25.2 Å². The molecule has 41 heavy (non-hydrogen) atoms. The molecule has 0 aliphatic carbocycles. The summed E-state index contributed by atoms with van der Waals surface area (Å²) in [5.41, 5.74) is 2.80. The number of hydrogen-bond acceptors (Lipinski definition) is 5. The van der Waals surface area contributed by atoms with Crippen molar-refractivity contribution < 1.29 is 23.6 Å². The molecule has 3 aromatic carbocycles. The molecule has 3 aliphatic rings. The van der Waals surface area contributed by atoms with E-state index in [9.17, 15) is 19.2 Å². The van der Waals surface area contributed by atoms with Gasteiger partial charge in [-0.2, -0.15) is 0 Å². The fourth-order valence-electron chi connectivity index (χ4n) is 6.35. The number of rotatable bonds is 5. The Kier molecular flexibility index (Phi) is 7.13. The largest absolute Gasteiger partial charge is 0.333 e. The van der Waals surface area contributed by atoms with Crippen molar-refractivity contribution in [2.45, 2.75) is 44.4 Å². The first-order chi connectivity index (χ1) is 19.8. The average Bonchev–Trinajstić information content (AvgIpc) is 3.30. The molecular weight excluding hydrogens is 523 g/mol. The standard InChI is InChI=1S/C32H31FN4O4/c1-20-18-35(29(21-8-4-2-5-9-21)22-10-6-3-7-11-22)14-15-36(20)31(40)23-16-24-19-37(32(41)28(24)25(33)17-23)26-12-13-27(38)34-30(26)39/h2-11,16-17,20,26,29H,12-15,18-19H2,1H3,(H,34,38,39)/t20-,26?/m1/s1. The summed E-state index contributed by atoms with van der Waals surface area (Å²) >= 11 is 0. The van der Waals surface area contributed by atoms with Crippen LogP contribution in [0.15, 0.2) is 72.8 Å². The molecule has 3 aliphatic heterocycles. The molecular formula is C32H31FN4O4. The second kappa shape index (κ2) is 10.9. The Morgan fingerprint density at radius 2 is 1.61 bits per heavy atom. The summed E-state index contributed by atoms with van der Waals surface area (Å²) in [7, 11) is 0. The predicted molar refractivity (Wildman–Crippen MR) is 149 cm³/mol. The third-order valence-electron chi connectivity index (χ3n) is 8.34. The Labute approximate surface area is 237 Å². The number of carbonyl (C=O) groups is 4. The highest BCUT2D eigenvalue weighted by molar-refractivity contribution is 6.06. The number of benzene rings is 3. The summed E-state index contributed by atoms with van der Waals surface area (Å²) in [5, 5.41) is 2.25. The molecule has 0 spiro atoms. The molecule has 3 heterocycles. The molecule has 1 unspecified atom stereocenters. The van der Waals surface area contributed by atoms with Crippen molar-refractivity contribution >= 4 is 23.6 Å². The number of hydrogen-bond donors (Lipinski definition) is 1. The lowest BCUT2D eigenvalue weighted by Crippen LogP contribution is -2.54. The SMILES string of the molecule is C[C@@H]1CN(C(c2ccccc2)c2ccccc2)CCN1C(=O)c1cc(F)c2c(c1)CN(C1CCC(=O)NC1=O)C2=O. The highest BCUT2D eigenvalue weighted by Gasteiger charge is 2.41. The van der Waals surface area contributed by atoms with Crippen LogP contribution in [0.25, 0.3) is 0 Å². The van der Waals surface area contributed by atoms with Gasteiger partial charge in [-0.25, -0.2) is 4.39 Å². The zero-order valence-electron chi connectivity index (χ0n) is 22.8. The lowest BCUT2D eigenvalue weighted by molar-refractivity contribution is -0.136. The Morgan fingerprint density at radius 1 is 0.951 bits per heavy atom. The lowest BCUT2D eigenvalue weighted by atomic mass is 9.95. The summed E-state index contributed by atoms with van der Waals surface area (Å²) in [4.78, 5) is 56.0. The molecule has 4 amide bonds. The second-order valence-corrected chi connectivity index (χ2v) is 11.0. The molecule has 2 saturated heterocycles. The number of halogens is 1. The Morgan fingerprint density at radius 3 is 2.22 bits per heavy atom. The van der Waals surface area contributed by atoms with Crippen LogP contribution in [0, 0.1) is 5.82 Å². The van der Waals surface area contributed by atoms with Gasteiger partial charge in [0.25, 0.3) is 11.8 Å². The van der Waals surface area contributed by atoms with Crippen molar-refractivity contribution in [2.75, 3.05) is 19.6 Å². The number of amides is 4. The number of piperazine rings is 1. The maximum absolute atomic E-state index is 15.3. The third kappa shape index (κ3) is 5.02. The van der Waals surface area contributed by atoms with Crippen molar-refractivity contribution in [1.29, 1.82) is 0 Å². The molecule has 9 heteroatoms. The minimum atomic E-state index is -0.846. The van der Waals surface area contributed by atoms with Gasteiger partial charge in [-0.05, 0) is 42.2 Å². The number of nitrogens with one attached hydrogen (secondary N) is 1. The van der Waals surface area contributed by atoms with Gasteiger partial charge in [0.05, 0.1) is 11.6 Å². The van der Waals surface area contributed by atoms with Crippen molar-refractivity contribution in [2.24, 2.45) is 0 Å². The zero-order chi connectivity index (χ0) is 28.7. The van der Waals surface area contributed by atoms with Gasteiger partial charge < -0.3 is 9.80 Å². The number of imide groups is 1. The molecule has 2 fully saturated rings. The van der Waals surface area contributed by atoms with E-state index in [1.165, 1.54) is 16.0 Å². The molecule has 8 nitrogen and oxygen atoms in total. The maximum Gasteiger partial charge on any atom is 0.258 e. The summed E-state index contributed by atoms with van der Waals surface area (Å²) in [6, 6.07) is 22.3. The molecule has 3 aromatic rings. The minimum Gasteiger partial charge on any atom is -0.333 e. The van der Waals surface area contributed by atoms with Crippen LogP contribution in [0.3, 0.4) is 0 Å². The van der Waals surface area contributed by atoms with Crippen LogP contribution >= 0.6 is 0 Å². The van der Waals surface area contributed by atoms with Crippen molar-refractivity contribution in [3.8, 4) is 0 Å². The van der Waals surface area contributed by atoms with Crippen molar-refractivity contribution in [3.63, 3.8) is 0 Å². The van der Waals surface area contributed by atoms with Crippen LogP contribution in [0.4, 0.5) is 4.39 Å². The number of nitrogens with zero attached hydrogens (tertiary/aromatic N) is 3. The summed E-state index contributed by atoms with van der Waals surface area (Å²) in [5.74, 6) is -2.61. The lowest BCUT2D eigenvalue weighted by Gasteiger charge is -2.43. The summed E-state index contributed by atoms with van der Waals surface area (Å²) in [6.07, 6.45) is 0.300. The molecule has 2 atom stereocenters. The van der Waals surface area contributed by atoms with E-state index < -0.39 is 23.7 Å². The van der Waals surface area contributed by atoms with E-state index in [0.717, 1.165) is 6.07 Å². The Bertz CT molecular complexity index is 1470. The Hall–Kier alpha value is -4.37. The zero-order valence-corrected chi connectivity index (χ0v) is 22.8. The van der Waals surface area contributed by atoms with E-state index >= 15 is 4.39 Å². The van der Waals surface area contributed by atoms with Crippen molar-refractivity contribution in [1.82, 2.24) is 20.0 Å². The van der Waals surface area contributed by atoms with E-state index in [1.54, 1.807) is 11.0 Å². The van der Waals surface area contributed by atoms with Gasteiger partial charge >= 0.3 is 0 Å². The average molecular weight is 555 g/mol. The third-order valence-corrected chi connectivity index (χ3v) is 8.34. The van der Waals surface area contributed by atoms with Gasteiger partial charge in [0.15, 0.2) is 0 Å². The Balaban J connectivity index is 1.20. The van der Waals surface area contributed by atoms with Crippen LogP contribution in [0.2, 0.25) is 0 Å². The van der Waals surface area contributed by atoms with E-state index in [1.807, 2.05) is 43.3 Å². The monoisotopic (exact) mass is 554 g/mol. The highest BCUT2D eigenvalue weighted by Crippen LogP contribution is 2.33. The van der Waals surface area contributed by atoms with Gasteiger partial charge in [-0.1, -0.05) is 60.7 Å². The molecule has 0 bridgehead atoms. The van der Waals surface area contributed by atoms with Crippen LogP contribution in [-0.2, 0) is 16.1 Å². The van der Waals surface area contributed by atoms with Gasteiger partial charge in [-0.15, -0.1) is 0 Å². The van der Waals surface area contributed by atoms with Crippen LogP contribution in [0.1, 0.15) is 63.2 Å². The topological polar surface area (TPSA) is 90.0 Å².